The maximum atomic E-state index is 13.2. The molecule has 0 spiro atoms. The summed E-state index contributed by atoms with van der Waals surface area (Å²) < 4.78 is 37.4. The highest BCUT2D eigenvalue weighted by molar-refractivity contribution is 7.93. The van der Waals surface area contributed by atoms with Crippen LogP contribution in [-0.2, 0) is 10.0 Å². The number of hydrogen-bond donors (Lipinski definition) is 2. The Bertz CT molecular complexity index is 1410. The van der Waals surface area contributed by atoms with Crippen molar-refractivity contribution < 1.29 is 8.42 Å². The van der Waals surface area contributed by atoms with E-state index in [1.165, 1.54) is 24.5 Å². The molecule has 0 aliphatic heterocycles. The third-order valence-electron chi connectivity index (χ3n) is 5.46. The van der Waals surface area contributed by atoms with Gasteiger partial charge >= 0.3 is 0 Å². The molecule has 1 aliphatic carbocycles. The van der Waals surface area contributed by atoms with Gasteiger partial charge in [-0.2, -0.15) is 8.75 Å². The molecule has 32 heavy (non-hydrogen) atoms. The summed E-state index contributed by atoms with van der Waals surface area (Å²) in [5.74, 6) is 0.578. The predicted octanol–water partition coefficient (Wildman–Crippen LogP) is 4.74. The zero-order valence-electron chi connectivity index (χ0n) is 17.3. The molecule has 1 aliphatic rings. The molecule has 0 fully saturated rings. The standard InChI is InChI=1S/C22H22N6O2S2/c29-32(30,19-12-6-11-18-20(19)27-31-26-18)28-22-21(23-14-13-15-7-2-1-3-8-15)24-16-9-4-5-10-17(16)25-22/h4-7,9-12H,1-3,8,13-14H2,(H,23,24)(H,25,28). The smallest absolute Gasteiger partial charge is 0.265 e. The summed E-state index contributed by atoms with van der Waals surface area (Å²) in [5, 5.41) is 3.29. The molecule has 2 N–H and O–H groups in total. The maximum absolute atomic E-state index is 13.2. The Morgan fingerprint density at radius 3 is 2.47 bits per heavy atom. The van der Waals surface area contributed by atoms with Crippen molar-refractivity contribution in [2.45, 2.75) is 37.0 Å². The monoisotopic (exact) mass is 466 g/mol. The predicted molar refractivity (Wildman–Crippen MR) is 127 cm³/mol. The molecule has 4 aromatic rings. The van der Waals surface area contributed by atoms with Gasteiger partial charge in [0.05, 0.1) is 22.8 Å². The quantitative estimate of drug-likeness (QED) is 0.379. The van der Waals surface area contributed by atoms with Crippen LogP contribution < -0.4 is 10.0 Å². The van der Waals surface area contributed by atoms with Gasteiger partial charge in [-0.25, -0.2) is 18.4 Å². The summed E-state index contributed by atoms with van der Waals surface area (Å²) >= 11 is 0.981. The van der Waals surface area contributed by atoms with Crippen LogP contribution in [0.4, 0.5) is 11.6 Å². The van der Waals surface area contributed by atoms with Crippen molar-refractivity contribution in [2.24, 2.45) is 0 Å². The fourth-order valence-corrected chi connectivity index (χ4v) is 5.62. The van der Waals surface area contributed by atoms with E-state index in [2.05, 4.69) is 34.8 Å². The van der Waals surface area contributed by atoms with Crippen molar-refractivity contribution in [3.05, 3.63) is 54.1 Å². The molecule has 8 nitrogen and oxygen atoms in total. The van der Waals surface area contributed by atoms with Gasteiger partial charge in [0.2, 0.25) is 0 Å². The number of allylic oxidation sites excluding steroid dienone is 1. The van der Waals surface area contributed by atoms with Gasteiger partial charge in [0.1, 0.15) is 15.9 Å². The Kier molecular flexibility index (Phi) is 5.71. The Balaban J connectivity index is 1.47. The van der Waals surface area contributed by atoms with Gasteiger partial charge in [-0.15, -0.1) is 0 Å². The minimum Gasteiger partial charge on any atom is -0.367 e. The summed E-state index contributed by atoms with van der Waals surface area (Å²) in [6.45, 7) is 0.652. The number of hydrogen-bond acceptors (Lipinski definition) is 8. The van der Waals surface area contributed by atoms with Gasteiger partial charge in [-0.05, 0) is 56.4 Å². The molecule has 10 heteroatoms. The zero-order chi connectivity index (χ0) is 22.0. The second-order valence-electron chi connectivity index (χ2n) is 7.69. The van der Waals surface area contributed by atoms with Gasteiger partial charge in [-0.1, -0.05) is 29.8 Å². The van der Waals surface area contributed by atoms with Crippen molar-refractivity contribution in [1.82, 2.24) is 18.7 Å². The van der Waals surface area contributed by atoms with E-state index in [1.807, 2.05) is 24.3 Å². The van der Waals surface area contributed by atoms with Gasteiger partial charge in [0.15, 0.2) is 11.6 Å². The number of para-hydroxylation sites is 2. The van der Waals surface area contributed by atoms with Gasteiger partial charge in [0, 0.05) is 6.54 Å². The highest BCUT2D eigenvalue weighted by Gasteiger charge is 2.22. The van der Waals surface area contributed by atoms with Crippen LogP contribution in [0.15, 0.2) is 59.0 Å². The van der Waals surface area contributed by atoms with Crippen LogP contribution in [0.5, 0.6) is 0 Å². The summed E-state index contributed by atoms with van der Waals surface area (Å²) in [6, 6.07) is 12.3. The van der Waals surface area contributed by atoms with E-state index < -0.39 is 10.0 Å². The minimum atomic E-state index is -3.95. The van der Waals surface area contributed by atoms with E-state index in [9.17, 15) is 8.42 Å². The summed E-state index contributed by atoms with van der Waals surface area (Å²) in [4.78, 5) is 9.26. The fraction of sp³-hybridized carbons (Fsp3) is 0.273. The van der Waals surface area contributed by atoms with E-state index in [1.54, 1.807) is 12.1 Å². The molecular weight excluding hydrogens is 444 g/mol. The summed E-state index contributed by atoms with van der Waals surface area (Å²) in [6.07, 6.45) is 7.93. The third-order valence-corrected chi connectivity index (χ3v) is 7.38. The molecule has 0 saturated carbocycles. The number of sulfonamides is 1. The lowest BCUT2D eigenvalue weighted by atomic mass is 9.97. The molecule has 2 aromatic carbocycles. The molecule has 0 bridgehead atoms. The lowest BCUT2D eigenvalue weighted by Crippen LogP contribution is -2.17. The number of nitrogens with one attached hydrogen (secondary N) is 2. The van der Waals surface area contributed by atoms with Crippen molar-refractivity contribution in [1.29, 1.82) is 0 Å². The van der Waals surface area contributed by atoms with E-state index in [-0.39, 0.29) is 10.7 Å². The van der Waals surface area contributed by atoms with E-state index >= 15 is 0 Å². The average molecular weight is 467 g/mol. The van der Waals surface area contributed by atoms with Crippen molar-refractivity contribution in [3.8, 4) is 0 Å². The van der Waals surface area contributed by atoms with Crippen LogP contribution in [0.25, 0.3) is 22.1 Å². The number of rotatable bonds is 7. The molecule has 0 amide bonds. The van der Waals surface area contributed by atoms with Gasteiger partial charge in [-0.3, -0.25) is 4.72 Å². The topological polar surface area (TPSA) is 110 Å². The maximum Gasteiger partial charge on any atom is 0.265 e. The largest absolute Gasteiger partial charge is 0.367 e. The molecule has 2 aromatic heterocycles. The Morgan fingerprint density at radius 2 is 1.69 bits per heavy atom. The lowest BCUT2D eigenvalue weighted by Gasteiger charge is -2.16. The number of fused-ring (bicyclic) bond motifs is 2. The normalized spacial score (nSPS) is 14.4. The molecular formula is C22H22N6O2S2. The van der Waals surface area contributed by atoms with Crippen molar-refractivity contribution >= 4 is 55.5 Å². The van der Waals surface area contributed by atoms with Crippen LogP contribution in [0, 0.1) is 0 Å². The molecule has 0 unspecified atom stereocenters. The molecule has 2 heterocycles. The molecule has 0 atom stereocenters. The molecule has 5 rings (SSSR count). The Morgan fingerprint density at radius 1 is 0.906 bits per heavy atom. The number of benzene rings is 2. The van der Waals surface area contributed by atoms with Gasteiger partial charge < -0.3 is 5.32 Å². The number of aromatic nitrogens is 4. The summed E-state index contributed by atoms with van der Waals surface area (Å²) in [5.41, 5.74) is 3.63. The molecule has 0 saturated heterocycles. The van der Waals surface area contributed by atoms with E-state index in [4.69, 9.17) is 0 Å². The van der Waals surface area contributed by atoms with Crippen molar-refractivity contribution in [3.63, 3.8) is 0 Å². The Labute approximate surface area is 190 Å². The zero-order valence-corrected chi connectivity index (χ0v) is 18.9. The van der Waals surface area contributed by atoms with Crippen LogP contribution in [0.3, 0.4) is 0 Å². The lowest BCUT2D eigenvalue weighted by molar-refractivity contribution is 0.601. The van der Waals surface area contributed by atoms with Crippen LogP contribution in [0.2, 0.25) is 0 Å². The summed E-state index contributed by atoms with van der Waals surface area (Å²) in [7, 11) is -3.95. The highest BCUT2D eigenvalue weighted by atomic mass is 32.2. The SMILES string of the molecule is O=S(=O)(Nc1nc2ccccc2nc1NCCC1=CCCCC1)c1cccc2nsnc12. The van der Waals surface area contributed by atoms with Crippen LogP contribution in [-0.4, -0.2) is 33.7 Å². The highest BCUT2D eigenvalue weighted by Crippen LogP contribution is 2.27. The molecule has 164 valence electrons. The van der Waals surface area contributed by atoms with Crippen LogP contribution in [0.1, 0.15) is 32.1 Å². The van der Waals surface area contributed by atoms with E-state index in [0.29, 0.717) is 34.4 Å². The van der Waals surface area contributed by atoms with Crippen LogP contribution >= 0.6 is 11.7 Å². The second kappa shape index (κ2) is 8.79. The number of anilines is 2. The fourth-order valence-electron chi connectivity index (χ4n) is 3.85. The second-order valence-corrected chi connectivity index (χ2v) is 9.87. The minimum absolute atomic E-state index is 0.0667. The van der Waals surface area contributed by atoms with Crippen molar-refractivity contribution in [2.75, 3.05) is 16.6 Å². The van der Waals surface area contributed by atoms with Gasteiger partial charge in [0.25, 0.3) is 10.0 Å². The first-order valence-corrected chi connectivity index (χ1v) is 12.7. The Hall–Kier alpha value is -3.11. The van der Waals surface area contributed by atoms with E-state index in [0.717, 1.165) is 31.0 Å². The average Bonchev–Trinajstić information content (AvgIpc) is 3.29. The number of nitrogens with zero attached hydrogens (tertiary/aromatic N) is 4. The first-order valence-electron chi connectivity index (χ1n) is 10.5. The first-order chi connectivity index (χ1) is 15.6. The molecule has 0 radical (unpaired) electrons. The first kappa shape index (κ1) is 20.8. The third kappa shape index (κ3) is 4.28.